The molecule has 0 bridgehead atoms. The average Bonchev–Trinajstić information content (AvgIpc) is 3.35. The van der Waals surface area contributed by atoms with Crippen LogP contribution in [0.15, 0.2) is 27.9 Å². The van der Waals surface area contributed by atoms with Crippen molar-refractivity contribution in [2.24, 2.45) is 0 Å². The molecule has 0 radical (unpaired) electrons. The van der Waals surface area contributed by atoms with Crippen LogP contribution < -0.4 is 20.1 Å². The number of benzene rings is 1. The predicted molar refractivity (Wildman–Crippen MR) is 119 cm³/mol. The van der Waals surface area contributed by atoms with Gasteiger partial charge in [0.25, 0.3) is 0 Å². The molecule has 1 aromatic carbocycles. The maximum Gasteiger partial charge on any atom is 0.236 e. The van der Waals surface area contributed by atoms with Gasteiger partial charge in [0.15, 0.2) is 9.47 Å². The first-order valence-corrected chi connectivity index (χ1v) is 11.4. The van der Waals surface area contributed by atoms with Crippen LogP contribution in [0, 0.1) is 0 Å². The Balaban J connectivity index is 1.60. The van der Waals surface area contributed by atoms with E-state index >= 15 is 0 Å². The third-order valence-electron chi connectivity index (χ3n) is 3.58. The van der Waals surface area contributed by atoms with E-state index in [9.17, 15) is 4.79 Å². The van der Waals surface area contributed by atoms with Crippen LogP contribution in [0.3, 0.4) is 0 Å². The fourth-order valence-electron chi connectivity index (χ4n) is 2.33. The van der Waals surface area contributed by atoms with Crippen LogP contribution in [0.5, 0.6) is 11.5 Å². The SMILES string of the molecule is COc1ccc(OC)c(-c2csc(NC(=O)CSc3nnc(NC(C)C)s3)n2)c1. The van der Waals surface area contributed by atoms with Gasteiger partial charge in [-0.05, 0) is 32.0 Å². The van der Waals surface area contributed by atoms with Gasteiger partial charge in [-0.15, -0.1) is 21.5 Å². The lowest BCUT2D eigenvalue weighted by Gasteiger charge is -2.08. The molecule has 8 nitrogen and oxygen atoms in total. The molecule has 3 rings (SSSR count). The van der Waals surface area contributed by atoms with E-state index in [0.717, 1.165) is 15.0 Å². The quantitative estimate of drug-likeness (QED) is 0.467. The van der Waals surface area contributed by atoms with Crippen LogP contribution in [-0.4, -0.2) is 47.1 Å². The zero-order chi connectivity index (χ0) is 20.8. The summed E-state index contributed by atoms with van der Waals surface area (Å²) in [6.07, 6.45) is 0. The van der Waals surface area contributed by atoms with Gasteiger partial charge in [0.2, 0.25) is 11.0 Å². The molecule has 0 saturated carbocycles. The molecule has 0 unspecified atom stereocenters. The van der Waals surface area contributed by atoms with E-state index in [1.807, 2.05) is 37.4 Å². The smallest absolute Gasteiger partial charge is 0.236 e. The highest BCUT2D eigenvalue weighted by molar-refractivity contribution is 8.01. The van der Waals surface area contributed by atoms with Crippen LogP contribution in [0.1, 0.15) is 13.8 Å². The molecule has 0 aliphatic heterocycles. The zero-order valence-corrected chi connectivity index (χ0v) is 18.8. The Morgan fingerprint density at radius 3 is 2.76 bits per heavy atom. The molecule has 0 atom stereocenters. The Labute approximate surface area is 181 Å². The minimum Gasteiger partial charge on any atom is -0.497 e. The third kappa shape index (κ3) is 5.81. The number of thioether (sulfide) groups is 1. The maximum absolute atomic E-state index is 12.3. The van der Waals surface area contributed by atoms with Crippen molar-refractivity contribution in [2.45, 2.75) is 24.2 Å². The van der Waals surface area contributed by atoms with E-state index < -0.39 is 0 Å². The van der Waals surface area contributed by atoms with Gasteiger partial charge in [-0.2, -0.15) is 0 Å². The first-order chi connectivity index (χ1) is 14.0. The first-order valence-electron chi connectivity index (χ1n) is 8.69. The fraction of sp³-hybridized carbons (Fsp3) is 0.333. The number of amides is 1. The molecule has 3 aromatic rings. The van der Waals surface area contributed by atoms with Gasteiger partial charge in [0.05, 0.1) is 25.7 Å². The van der Waals surface area contributed by atoms with Crippen molar-refractivity contribution >= 4 is 50.6 Å². The number of rotatable bonds is 9. The topological polar surface area (TPSA) is 98.3 Å². The number of anilines is 2. The van der Waals surface area contributed by atoms with Crippen molar-refractivity contribution in [3.05, 3.63) is 23.6 Å². The highest BCUT2D eigenvalue weighted by Crippen LogP contribution is 2.35. The number of ether oxygens (including phenoxy) is 2. The number of nitrogens with one attached hydrogen (secondary N) is 2. The minimum absolute atomic E-state index is 0.151. The van der Waals surface area contributed by atoms with Gasteiger partial charge >= 0.3 is 0 Å². The summed E-state index contributed by atoms with van der Waals surface area (Å²) < 4.78 is 11.4. The Morgan fingerprint density at radius 1 is 1.21 bits per heavy atom. The predicted octanol–water partition coefficient (Wildman–Crippen LogP) is 4.23. The zero-order valence-electron chi connectivity index (χ0n) is 16.4. The summed E-state index contributed by atoms with van der Waals surface area (Å²) in [7, 11) is 3.21. The van der Waals surface area contributed by atoms with Gasteiger partial charge in [-0.1, -0.05) is 23.1 Å². The third-order valence-corrected chi connectivity index (χ3v) is 6.32. The van der Waals surface area contributed by atoms with Crippen molar-refractivity contribution < 1.29 is 14.3 Å². The molecule has 2 heterocycles. The largest absolute Gasteiger partial charge is 0.497 e. The molecule has 0 saturated heterocycles. The van der Waals surface area contributed by atoms with Crippen molar-refractivity contribution in [2.75, 3.05) is 30.6 Å². The van der Waals surface area contributed by atoms with Crippen LogP contribution >= 0.6 is 34.4 Å². The molecular weight excluding hydrogens is 430 g/mol. The molecule has 29 heavy (non-hydrogen) atoms. The molecule has 0 aliphatic rings. The van der Waals surface area contributed by atoms with Gasteiger partial charge in [0, 0.05) is 17.0 Å². The van der Waals surface area contributed by atoms with E-state index in [1.165, 1.54) is 34.4 Å². The highest BCUT2D eigenvalue weighted by Gasteiger charge is 2.14. The minimum atomic E-state index is -0.151. The highest BCUT2D eigenvalue weighted by atomic mass is 32.2. The second-order valence-corrected chi connectivity index (χ2v) is 9.17. The monoisotopic (exact) mass is 451 g/mol. The number of carbonyl (C=O) groups is 1. The Bertz CT molecular complexity index is 973. The lowest BCUT2D eigenvalue weighted by atomic mass is 10.1. The second-order valence-electron chi connectivity index (χ2n) is 6.11. The molecular formula is C18H21N5O3S3. The van der Waals surface area contributed by atoms with Gasteiger partial charge in [0.1, 0.15) is 11.5 Å². The number of carbonyl (C=O) groups excluding carboxylic acids is 1. The van der Waals surface area contributed by atoms with Crippen molar-refractivity contribution in [1.29, 1.82) is 0 Å². The summed E-state index contributed by atoms with van der Waals surface area (Å²) >= 11 is 4.13. The number of nitrogens with zero attached hydrogens (tertiary/aromatic N) is 3. The molecule has 0 aliphatic carbocycles. The number of hydrogen-bond donors (Lipinski definition) is 2. The molecule has 1 amide bonds. The summed E-state index contributed by atoms with van der Waals surface area (Å²) in [5.74, 6) is 1.47. The molecule has 0 spiro atoms. The number of aromatic nitrogens is 3. The molecule has 2 aromatic heterocycles. The Kier molecular flexibility index (Phi) is 7.29. The van der Waals surface area contributed by atoms with Gasteiger partial charge < -0.3 is 20.1 Å². The fourth-order valence-corrected chi connectivity index (χ4v) is 4.75. The maximum atomic E-state index is 12.3. The second kappa shape index (κ2) is 9.90. The van der Waals surface area contributed by atoms with Gasteiger partial charge in [-0.3, -0.25) is 4.79 Å². The normalized spacial score (nSPS) is 10.8. The van der Waals surface area contributed by atoms with Crippen molar-refractivity contribution in [1.82, 2.24) is 15.2 Å². The molecule has 0 fully saturated rings. The lowest BCUT2D eigenvalue weighted by molar-refractivity contribution is -0.113. The van der Waals surface area contributed by atoms with Crippen molar-refractivity contribution in [3.8, 4) is 22.8 Å². The van der Waals surface area contributed by atoms with E-state index in [4.69, 9.17) is 9.47 Å². The summed E-state index contributed by atoms with van der Waals surface area (Å²) in [5.41, 5.74) is 1.51. The number of hydrogen-bond acceptors (Lipinski definition) is 10. The van der Waals surface area contributed by atoms with E-state index in [-0.39, 0.29) is 17.7 Å². The van der Waals surface area contributed by atoms with Crippen LogP contribution in [0.2, 0.25) is 0 Å². The van der Waals surface area contributed by atoms with Crippen molar-refractivity contribution in [3.63, 3.8) is 0 Å². The summed E-state index contributed by atoms with van der Waals surface area (Å²) in [6, 6.07) is 5.79. The molecule has 154 valence electrons. The van der Waals surface area contributed by atoms with Gasteiger partial charge in [-0.25, -0.2) is 4.98 Å². The standard InChI is InChI=1S/C18H21N5O3S3/c1-10(2)19-17-22-23-18(29-17)28-9-15(24)21-16-20-13(8-27-16)12-7-11(25-3)5-6-14(12)26-4/h5-8,10H,9H2,1-4H3,(H,19,22)(H,20,21,24). The first kappa shape index (κ1) is 21.3. The van der Waals surface area contributed by atoms with Crippen LogP contribution in [-0.2, 0) is 4.79 Å². The summed E-state index contributed by atoms with van der Waals surface area (Å²) in [6.45, 7) is 4.07. The summed E-state index contributed by atoms with van der Waals surface area (Å²) in [5, 5.41) is 17.3. The van der Waals surface area contributed by atoms with E-state index in [0.29, 0.717) is 22.3 Å². The number of methoxy groups -OCH3 is 2. The Hall–Kier alpha value is -2.37. The molecule has 2 N–H and O–H groups in total. The average molecular weight is 452 g/mol. The lowest BCUT2D eigenvalue weighted by Crippen LogP contribution is -2.13. The molecule has 11 heteroatoms. The Morgan fingerprint density at radius 2 is 2.03 bits per heavy atom. The summed E-state index contributed by atoms with van der Waals surface area (Å²) in [4.78, 5) is 16.8. The van der Waals surface area contributed by atoms with Crippen LogP contribution in [0.25, 0.3) is 11.3 Å². The number of thiazole rings is 1. The van der Waals surface area contributed by atoms with E-state index in [1.54, 1.807) is 14.2 Å². The van der Waals surface area contributed by atoms with Crippen LogP contribution in [0.4, 0.5) is 10.3 Å². The van der Waals surface area contributed by atoms with E-state index in [2.05, 4.69) is 25.8 Å².